The van der Waals surface area contributed by atoms with Crippen LogP contribution in [0.25, 0.3) is 11.4 Å². The fourth-order valence-electron chi connectivity index (χ4n) is 8.24. The van der Waals surface area contributed by atoms with Gasteiger partial charge >= 0.3 is 0 Å². The van der Waals surface area contributed by atoms with Crippen LogP contribution in [0, 0.1) is 35.5 Å². The minimum absolute atomic E-state index is 0.129. The first-order valence-corrected chi connectivity index (χ1v) is 12.7. The van der Waals surface area contributed by atoms with E-state index < -0.39 is 0 Å². The standard InChI is InChI=1S/C28H36N2O2/c1-17-4-6-18(7-5-17)25-29-26(32-30-25)24-11-10-22-21-9-8-19-16-20(31)12-14-27(19,2)23(21)13-15-28(22,24)3/h4-8,20-24,31H,9-16H2,1-3H3/t20-,21-,22-,23-,24+,27-,28-/m0/s1. The second kappa shape index (κ2) is 7.28. The number of allylic oxidation sites excluding steroid dienone is 1. The normalized spacial score (nSPS) is 40.9. The van der Waals surface area contributed by atoms with Crippen molar-refractivity contribution in [3.05, 3.63) is 47.4 Å². The van der Waals surface area contributed by atoms with Gasteiger partial charge in [-0.3, -0.25) is 0 Å². The summed E-state index contributed by atoms with van der Waals surface area (Å²) in [6, 6.07) is 8.38. The van der Waals surface area contributed by atoms with Crippen molar-refractivity contribution < 1.29 is 9.63 Å². The van der Waals surface area contributed by atoms with Crippen LogP contribution >= 0.6 is 0 Å². The summed E-state index contributed by atoms with van der Waals surface area (Å²) in [5.74, 6) is 4.18. The number of hydrogen-bond donors (Lipinski definition) is 1. The monoisotopic (exact) mass is 432 g/mol. The predicted molar refractivity (Wildman–Crippen MR) is 125 cm³/mol. The highest BCUT2D eigenvalue weighted by Gasteiger charge is 2.59. The Bertz CT molecular complexity index is 1040. The van der Waals surface area contributed by atoms with Gasteiger partial charge in [0.25, 0.3) is 0 Å². The van der Waals surface area contributed by atoms with E-state index in [1.165, 1.54) is 31.2 Å². The SMILES string of the molecule is Cc1ccc(-c2noc([C@H]3CC[C@H]4[C@@H]5CC=C6C[C@@H](O)CC[C@]6(C)[C@H]5CC[C@]34C)n2)cc1. The largest absolute Gasteiger partial charge is 0.393 e. The van der Waals surface area contributed by atoms with Crippen LogP contribution in [0.4, 0.5) is 0 Å². The van der Waals surface area contributed by atoms with Gasteiger partial charge in [-0.25, -0.2) is 0 Å². The maximum atomic E-state index is 10.2. The highest BCUT2D eigenvalue weighted by Crippen LogP contribution is 2.67. The van der Waals surface area contributed by atoms with Gasteiger partial charge in [0.1, 0.15) is 0 Å². The maximum Gasteiger partial charge on any atom is 0.230 e. The molecule has 0 unspecified atom stereocenters. The lowest BCUT2D eigenvalue weighted by Gasteiger charge is -2.57. The van der Waals surface area contributed by atoms with E-state index in [-0.39, 0.29) is 11.5 Å². The van der Waals surface area contributed by atoms with Crippen molar-refractivity contribution in [3.8, 4) is 11.4 Å². The summed E-state index contributed by atoms with van der Waals surface area (Å²) >= 11 is 0. The van der Waals surface area contributed by atoms with Crippen LogP contribution in [0.5, 0.6) is 0 Å². The molecule has 0 aliphatic heterocycles. The summed E-state index contributed by atoms with van der Waals surface area (Å²) in [7, 11) is 0. The number of aromatic nitrogens is 2. The summed E-state index contributed by atoms with van der Waals surface area (Å²) in [5, 5.41) is 14.6. The van der Waals surface area contributed by atoms with Gasteiger partial charge in [-0.2, -0.15) is 4.98 Å². The Kier molecular flexibility index (Phi) is 4.70. The van der Waals surface area contributed by atoms with Crippen LogP contribution in [-0.2, 0) is 0 Å². The van der Waals surface area contributed by atoms with E-state index in [1.54, 1.807) is 5.57 Å². The molecular weight excluding hydrogens is 396 g/mol. The molecule has 4 aliphatic rings. The lowest BCUT2D eigenvalue weighted by molar-refractivity contribution is -0.0432. The molecule has 4 aliphatic carbocycles. The molecule has 3 saturated carbocycles. The Morgan fingerprint density at radius 3 is 2.62 bits per heavy atom. The van der Waals surface area contributed by atoms with Gasteiger partial charge < -0.3 is 9.63 Å². The molecule has 1 N–H and O–H groups in total. The Morgan fingerprint density at radius 2 is 1.81 bits per heavy atom. The third-order valence-electron chi connectivity index (χ3n) is 10.1. The fraction of sp³-hybridized carbons (Fsp3) is 0.643. The molecule has 1 heterocycles. The average molecular weight is 433 g/mol. The van der Waals surface area contributed by atoms with Gasteiger partial charge in [-0.1, -0.05) is 60.5 Å². The van der Waals surface area contributed by atoms with Crippen LogP contribution in [0.3, 0.4) is 0 Å². The molecule has 0 radical (unpaired) electrons. The topological polar surface area (TPSA) is 59.2 Å². The first-order valence-electron chi connectivity index (χ1n) is 12.7. The van der Waals surface area contributed by atoms with Crippen molar-refractivity contribution in [2.24, 2.45) is 28.6 Å². The zero-order valence-corrected chi connectivity index (χ0v) is 19.7. The molecule has 4 nitrogen and oxygen atoms in total. The van der Waals surface area contributed by atoms with E-state index in [1.807, 2.05) is 0 Å². The van der Waals surface area contributed by atoms with Crippen LogP contribution < -0.4 is 0 Å². The molecule has 0 bridgehead atoms. The van der Waals surface area contributed by atoms with Gasteiger partial charge in [0.05, 0.1) is 6.10 Å². The number of rotatable bonds is 2. The number of fused-ring (bicyclic) bond motifs is 5. The summed E-state index contributed by atoms with van der Waals surface area (Å²) < 4.78 is 5.90. The second-order valence-corrected chi connectivity index (χ2v) is 11.7. The highest BCUT2D eigenvalue weighted by atomic mass is 16.5. The molecule has 0 spiro atoms. The van der Waals surface area contributed by atoms with Crippen LogP contribution in [0.1, 0.15) is 82.6 Å². The van der Waals surface area contributed by atoms with E-state index >= 15 is 0 Å². The van der Waals surface area contributed by atoms with Gasteiger partial charge in [0, 0.05) is 11.5 Å². The predicted octanol–water partition coefficient (Wildman–Crippen LogP) is 6.45. The Balaban J connectivity index is 1.27. The lowest BCUT2D eigenvalue weighted by atomic mass is 9.47. The summed E-state index contributed by atoms with van der Waals surface area (Å²) in [6.07, 6.45) is 11.6. The number of nitrogens with zero attached hydrogens (tertiary/aromatic N) is 2. The molecule has 4 heteroatoms. The van der Waals surface area contributed by atoms with Crippen molar-refractivity contribution in [2.45, 2.75) is 84.2 Å². The number of hydrogen-bond acceptors (Lipinski definition) is 4. The molecule has 3 fully saturated rings. The second-order valence-electron chi connectivity index (χ2n) is 11.7. The molecule has 6 rings (SSSR count). The Hall–Kier alpha value is -1.94. The van der Waals surface area contributed by atoms with Gasteiger partial charge in [0.15, 0.2) is 0 Å². The third-order valence-corrected chi connectivity index (χ3v) is 10.1. The zero-order chi connectivity index (χ0) is 22.1. The molecule has 0 saturated heterocycles. The first-order chi connectivity index (χ1) is 15.4. The maximum absolute atomic E-state index is 10.2. The van der Waals surface area contributed by atoms with Gasteiger partial charge in [-0.05, 0) is 86.9 Å². The lowest BCUT2D eigenvalue weighted by Crippen LogP contribution is -2.50. The fourth-order valence-corrected chi connectivity index (χ4v) is 8.24. The van der Waals surface area contributed by atoms with Crippen molar-refractivity contribution >= 4 is 0 Å². The molecule has 0 amide bonds. The summed E-state index contributed by atoms with van der Waals surface area (Å²) in [5.41, 5.74) is 4.37. The van der Waals surface area contributed by atoms with Crippen LogP contribution in [-0.4, -0.2) is 21.4 Å². The van der Waals surface area contributed by atoms with Gasteiger partial charge in [-0.15, -0.1) is 0 Å². The van der Waals surface area contributed by atoms with Crippen LogP contribution in [0.2, 0.25) is 0 Å². The minimum atomic E-state index is -0.129. The number of aryl methyl sites for hydroxylation is 1. The molecule has 1 aromatic carbocycles. The quantitative estimate of drug-likeness (QED) is 0.554. The van der Waals surface area contributed by atoms with Crippen LogP contribution in [0.15, 0.2) is 40.4 Å². The molecule has 2 aromatic rings. The van der Waals surface area contributed by atoms with Crippen molar-refractivity contribution in [1.82, 2.24) is 10.1 Å². The van der Waals surface area contributed by atoms with Crippen molar-refractivity contribution in [3.63, 3.8) is 0 Å². The Morgan fingerprint density at radius 1 is 1.00 bits per heavy atom. The molecule has 1 aromatic heterocycles. The summed E-state index contributed by atoms with van der Waals surface area (Å²) in [4.78, 5) is 4.90. The van der Waals surface area contributed by atoms with Crippen molar-refractivity contribution in [1.29, 1.82) is 0 Å². The smallest absolute Gasteiger partial charge is 0.230 e. The van der Waals surface area contributed by atoms with E-state index in [4.69, 9.17) is 9.51 Å². The third kappa shape index (κ3) is 2.98. The van der Waals surface area contributed by atoms with E-state index in [9.17, 15) is 5.11 Å². The Labute approximate surface area is 191 Å². The van der Waals surface area contributed by atoms with E-state index in [0.29, 0.717) is 11.3 Å². The van der Waals surface area contributed by atoms with Crippen molar-refractivity contribution in [2.75, 3.05) is 0 Å². The number of aliphatic hydroxyl groups is 1. The number of benzene rings is 1. The molecule has 32 heavy (non-hydrogen) atoms. The molecule has 7 atom stereocenters. The minimum Gasteiger partial charge on any atom is -0.393 e. The van der Waals surface area contributed by atoms with E-state index in [0.717, 1.165) is 60.7 Å². The average Bonchev–Trinajstić information content (AvgIpc) is 3.39. The number of aliphatic hydroxyl groups excluding tert-OH is 1. The molecular formula is C28H36N2O2. The highest BCUT2D eigenvalue weighted by molar-refractivity contribution is 5.54. The van der Waals surface area contributed by atoms with E-state index in [2.05, 4.69) is 56.3 Å². The van der Waals surface area contributed by atoms with Gasteiger partial charge in [0.2, 0.25) is 11.7 Å². The zero-order valence-electron chi connectivity index (χ0n) is 19.7. The first kappa shape index (κ1) is 20.7. The summed E-state index contributed by atoms with van der Waals surface area (Å²) in [6.45, 7) is 7.11. The molecule has 170 valence electrons.